The van der Waals surface area contributed by atoms with Gasteiger partial charge in [-0.05, 0) is 0 Å². The summed E-state index contributed by atoms with van der Waals surface area (Å²) in [5, 5.41) is 18.1. The Labute approximate surface area is 182 Å². The van der Waals surface area contributed by atoms with Gasteiger partial charge in [0.1, 0.15) is 0 Å². The molecule has 0 spiro atoms. The molecule has 162 valence electrons. The Morgan fingerprint density at radius 2 is 0.939 bits per heavy atom. The first-order valence-electron chi connectivity index (χ1n) is 8.75. The summed E-state index contributed by atoms with van der Waals surface area (Å²) in [5.41, 5.74) is -0.287. The third-order valence-electron chi connectivity index (χ3n) is 3.85. The molecule has 0 saturated heterocycles. The van der Waals surface area contributed by atoms with Crippen LogP contribution in [0.4, 0.5) is 0 Å². The van der Waals surface area contributed by atoms with Gasteiger partial charge in [0, 0.05) is 24.8 Å². The standard InChI is InChI=1S/C18H9N9O6/c28-7-33-10-5-23-13(24-6-10)16-26-14(11-19-1-8(2-20-11)17(29)30)25-15(27-16)12-21-3-9(4-22-12)18(31)32/h1-7H,(H,29,30)(H,31,32). The highest BCUT2D eigenvalue weighted by Gasteiger charge is 2.18. The summed E-state index contributed by atoms with van der Waals surface area (Å²) < 4.78 is 4.65. The molecule has 0 aliphatic rings. The monoisotopic (exact) mass is 447 g/mol. The van der Waals surface area contributed by atoms with Crippen LogP contribution in [0.25, 0.3) is 34.9 Å². The molecule has 0 fully saturated rings. The van der Waals surface area contributed by atoms with Gasteiger partial charge in [-0.2, -0.15) is 0 Å². The molecule has 0 unspecified atom stereocenters. The summed E-state index contributed by atoms with van der Waals surface area (Å²) >= 11 is 0. The Kier molecular flexibility index (Phi) is 5.58. The summed E-state index contributed by atoms with van der Waals surface area (Å²) in [4.78, 5) is 69.0. The van der Waals surface area contributed by atoms with Crippen LogP contribution in [0.5, 0.6) is 5.75 Å². The van der Waals surface area contributed by atoms with E-state index in [1.54, 1.807) is 0 Å². The summed E-state index contributed by atoms with van der Waals surface area (Å²) in [6, 6.07) is 0. The lowest BCUT2D eigenvalue weighted by Gasteiger charge is -2.06. The molecule has 4 heterocycles. The maximum Gasteiger partial charge on any atom is 0.338 e. The molecule has 33 heavy (non-hydrogen) atoms. The number of hydrogen-bond acceptors (Lipinski definition) is 13. The fraction of sp³-hybridized carbons (Fsp3) is 0. The molecule has 4 aromatic rings. The van der Waals surface area contributed by atoms with E-state index in [-0.39, 0.29) is 58.3 Å². The molecule has 2 N–H and O–H groups in total. The van der Waals surface area contributed by atoms with Crippen LogP contribution < -0.4 is 4.74 Å². The summed E-state index contributed by atoms with van der Waals surface area (Å²) in [5.74, 6) is -2.59. The van der Waals surface area contributed by atoms with Crippen LogP contribution in [0.15, 0.2) is 37.2 Å². The lowest BCUT2D eigenvalue weighted by molar-refractivity contribution is -0.120. The first-order chi connectivity index (χ1) is 15.9. The molecule has 0 aliphatic heterocycles. The van der Waals surface area contributed by atoms with E-state index < -0.39 is 11.9 Å². The number of aromatic carboxylic acids is 2. The van der Waals surface area contributed by atoms with Crippen LogP contribution in [0.1, 0.15) is 20.7 Å². The second kappa shape index (κ2) is 8.80. The Morgan fingerprint density at radius 3 is 1.24 bits per heavy atom. The van der Waals surface area contributed by atoms with Crippen molar-refractivity contribution in [3.8, 4) is 40.7 Å². The predicted octanol–water partition coefficient (Wildman–Crippen LogP) is 0.174. The van der Waals surface area contributed by atoms with Crippen LogP contribution >= 0.6 is 0 Å². The SMILES string of the molecule is O=COc1cnc(-c2nc(-c3ncc(C(=O)O)cn3)nc(-c3ncc(C(=O)O)cn3)n2)nc1. The number of ether oxygens (including phenoxy) is 1. The molecular formula is C18H9N9O6. The minimum atomic E-state index is -1.21. The molecule has 0 saturated carbocycles. The first kappa shape index (κ1) is 20.9. The Morgan fingerprint density at radius 1 is 0.606 bits per heavy atom. The molecule has 15 heteroatoms. The minimum absolute atomic E-state index is 0.0162. The van der Waals surface area contributed by atoms with Gasteiger partial charge in [-0.15, -0.1) is 0 Å². The Bertz CT molecular complexity index is 1270. The number of carboxylic acid groups (broad SMARTS) is 2. The average molecular weight is 447 g/mol. The van der Waals surface area contributed by atoms with Crippen molar-refractivity contribution in [2.24, 2.45) is 0 Å². The number of rotatable bonds is 7. The fourth-order valence-corrected chi connectivity index (χ4v) is 2.33. The average Bonchev–Trinajstić information content (AvgIpc) is 2.84. The second-order valence-electron chi connectivity index (χ2n) is 5.96. The number of carbonyl (C=O) groups excluding carboxylic acids is 1. The third-order valence-corrected chi connectivity index (χ3v) is 3.85. The van der Waals surface area contributed by atoms with Crippen LogP contribution in [0.2, 0.25) is 0 Å². The van der Waals surface area contributed by atoms with E-state index >= 15 is 0 Å². The fourth-order valence-electron chi connectivity index (χ4n) is 2.33. The van der Waals surface area contributed by atoms with Gasteiger partial charge >= 0.3 is 11.9 Å². The summed E-state index contributed by atoms with van der Waals surface area (Å²) in [7, 11) is 0. The number of carbonyl (C=O) groups is 3. The normalized spacial score (nSPS) is 10.4. The van der Waals surface area contributed by atoms with Gasteiger partial charge in [-0.25, -0.2) is 54.4 Å². The van der Waals surface area contributed by atoms with Crippen LogP contribution in [-0.4, -0.2) is 73.5 Å². The van der Waals surface area contributed by atoms with E-state index in [1.807, 2.05) is 0 Å². The van der Waals surface area contributed by atoms with Crippen molar-refractivity contribution in [1.82, 2.24) is 44.9 Å². The van der Waals surface area contributed by atoms with Crippen molar-refractivity contribution in [2.75, 3.05) is 0 Å². The zero-order valence-electron chi connectivity index (χ0n) is 16.1. The zero-order valence-corrected chi connectivity index (χ0v) is 16.1. The van der Waals surface area contributed by atoms with E-state index in [0.29, 0.717) is 0 Å². The van der Waals surface area contributed by atoms with E-state index in [2.05, 4.69) is 49.6 Å². The van der Waals surface area contributed by atoms with E-state index in [4.69, 9.17) is 10.2 Å². The molecule has 0 amide bonds. The van der Waals surface area contributed by atoms with Gasteiger partial charge < -0.3 is 14.9 Å². The Balaban J connectivity index is 1.82. The third kappa shape index (κ3) is 4.55. The maximum absolute atomic E-state index is 11.0. The van der Waals surface area contributed by atoms with Gasteiger partial charge in [0.2, 0.25) is 17.5 Å². The highest BCUT2D eigenvalue weighted by molar-refractivity contribution is 5.87. The van der Waals surface area contributed by atoms with Gasteiger partial charge in [0.15, 0.2) is 23.2 Å². The molecule has 15 nitrogen and oxygen atoms in total. The molecule has 0 aliphatic carbocycles. The van der Waals surface area contributed by atoms with Crippen molar-refractivity contribution in [1.29, 1.82) is 0 Å². The Hall–Kier alpha value is -5.34. The molecule has 0 bridgehead atoms. The van der Waals surface area contributed by atoms with E-state index in [9.17, 15) is 14.4 Å². The lowest BCUT2D eigenvalue weighted by Crippen LogP contribution is -2.07. The van der Waals surface area contributed by atoms with Crippen molar-refractivity contribution in [2.45, 2.75) is 0 Å². The highest BCUT2D eigenvalue weighted by Crippen LogP contribution is 2.20. The van der Waals surface area contributed by atoms with E-state index in [1.165, 1.54) is 12.4 Å². The molecule has 4 aromatic heterocycles. The topological polar surface area (TPSA) is 217 Å². The largest absolute Gasteiger partial charge is 0.478 e. The van der Waals surface area contributed by atoms with Crippen molar-refractivity contribution >= 4 is 18.4 Å². The summed E-state index contributed by atoms with van der Waals surface area (Å²) in [6.45, 7) is 0.216. The van der Waals surface area contributed by atoms with E-state index in [0.717, 1.165) is 24.8 Å². The number of aromatic nitrogens is 9. The number of nitrogens with zero attached hydrogens (tertiary/aromatic N) is 9. The molecule has 0 atom stereocenters. The molecule has 0 aromatic carbocycles. The molecule has 4 rings (SSSR count). The van der Waals surface area contributed by atoms with Gasteiger partial charge in [0.05, 0.1) is 23.5 Å². The van der Waals surface area contributed by atoms with Gasteiger partial charge in [0.25, 0.3) is 6.47 Å². The predicted molar refractivity (Wildman–Crippen MR) is 104 cm³/mol. The first-order valence-corrected chi connectivity index (χ1v) is 8.75. The zero-order chi connectivity index (χ0) is 23.4. The quantitative estimate of drug-likeness (QED) is 0.361. The minimum Gasteiger partial charge on any atom is -0.478 e. The second-order valence-corrected chi connectivity index (χ2v) is 5.96. The highest BCUT2D eigenvalue weighted by atomic mass is 16.5. The van der Waals surface area contributed by atoms with Crippen LogP contribution in [-0.2, 0) is 4.79 Å². The maximum atomic E-state index is 11.0. The summed E-state index contributed by atoms with van der Waals surface area (Å²) in [6.07, 6.45) is 6.75. The van der Waals surface area contributed by atoms with Crippen molar-refractivity contribution in [3.63, 3.8) is 0 Å². The van der Waals surface area contributed by atoms with Crippen molar-refractivity contribution < 1.29 is 29.3 Å². The smallest absolute Gasteiger partial charge is 0.338 e. The van der Waals surface area contributed by atoms with Crippen LogP contribution in [0, 0.1) is 0 Å². The molecular weight excluding hydrogens is 438 g/mol. The van der Waals surface area contributed by atoms with Crippen molar-refractivity contribution in [3.05, 3.63) is 48.3 Å². The lowest BCUT2D eigenvalue weighted by atomic mass is 10.3. The number of carboxylic acids is 2. The van der Waals surface area contributed by atoms with Gasteiger partial charge in [-0.3, -0.25) is 4.79 Å². The van der Waals surface area contributed by atoms with Crippen LogP contribution in [0.3, 0.4) is 0 Å². The van der Waals surface area contributed by atoms with Gasteiger partial charge in [-0.1, -0.05) is 0 Å². The molecule has 0 radical (unpaired) electrons. The number of hydrogen-bond donors (Lipinski definition) is 2.